The second kappa shape index (κ2) is 8.91. The third-order valence-corrected chi connectivity index (χ3v) is 5.89. The van der Waals surface area contributed by atoms with E-state index in [0.717, 1.165) is 16.5 Å². The van der Waals surface area contributed by atoms with Crippen LogP contribution in [0.25, 0.3) is 10.8 Å². The minimum Gasteiger partial charge on any atom is -0.335 e. The number of nitrogens with one attached hydrogen (secondary N) is 2. The highest BCUT2D eigenvalue weighted by Gasteiger charge is 2.32. The molecular formula is C25H22FN5O2. The van der Waals surface area contributed by atoms with Crippen LogP contribution in [-0.2, 0) is 13.0 Å². The second-order valence-corrected chi connectivity index (χ2v) is 8.19. The van der Waals surface area contributed by atoms with E-state index in [4.69, 9.17) is 0 Å². The van der Waals surface area contributed by atoms with Crippen molar-refractivity contribution < 1.29 is 9.18 Å². The number of rotatable bonds is 6. The molecule has 0 aliphatic carbocycles. The predicted octanol–water partition coefficient (Wildman–Crippen LogP) is 2.66. The van der Waals surface area contributed by atoms with E-state index in [0.29, 0.717) is 37.1 Å². The molecule has 1 saturated heterocycles. The van der Waals surface area contributed by atoms with Crippen molar-refractivity contribution in [2.24, 2.45) is 0 Å². The zero-order chi connectivity index (χ0) is 22.8. The molecule has 2 aromatic heterocycles. The smallest absolute Gasteiger partial charge is 0.272 e. The van der Waals surface area contributed by atoms with Gasteiger partial charge in [-0.15, -0.1) is 0 Å². The third kappa shape index (κ3) is 4.38. The predicted molar refractivity (Wildman–Crippen MR) is 122 cm³/mol. The van der Waals surface area contributed by atoms with E-state index in [1.54, 1.807) is 41.6 Å². The summed E-state index contributed by atoms with van der Waals surface area (Å²) in [4.78, 5) is 30.7. The highest BCUT2D eigenvalue weighted by molar-refractivity contribution is 5.95. The molecular weight excluding hydrogens is 421 g/mol. The van der Waals surface area contributed by atoms with Gasteiger partial charge in [-0.2, -0.15) is 5.10 Å². The summed E-state index contributed by atoms with van der Waals surface area (Å²) in [6, 6.07) is 15.8. The molecule has 4 aromatic rings. The van der Waals surface area contributed by atoms with Crippen molar-refractivity contribution in [3.63, 3.8) is 0 Å². The average molecular weight is 443 g/mol. The first-order valence-electron chi connectivity index (χ1n) is 10.7. The van der Waals surface area contributed by atoms with E-state index >= 15 is 0 Å². The van der Waals surface area contributed by atoms with E-state index in [1.807, 2.05) is 24.3 Å². The van der Waals surface area contributed by atoms with Crippen molar-refractivity contribution in [2.45, 2.75) is 19.0 Å². The molecule has 5 rings (SSSR count). The highest BCUT2D eigenvalue weighted by atomic mass is 19.1. The quantitative estimate of drug-likeness (QED) is 0.478. The molecule has 3 heterocycles. The summed E-state index contributed by atoms with van der Waals surface area (Å²) in [5.74, 6) is -0.872. The number of hydrogen-bond donors (Lipinski definition) is 2. The van der Waals surface area contributed by atoms with Gasteiger partial charge in [0.05, 0.1) is 16.6 Å². The second-order valence-electron chi connectivity index (χ2n) is 8.19. The number of fused-ring (bicyclic) bond motifs is 1. The van der Waals surface area contributed by atoms with E-state index in [-0.39, 0.29) is 23.1 Å². The van der Waals surface area contributed by atoms with Crippen molar-refractivity contribution in [1.29, 1.82) is 0 Å². The van der Waals surface area contributed by atoms with Crippen molar-refractivity contribution in [3.05, 3.63) is 106 Å². The first-order valence-corrected chi connectivity index (χ1v) is 10.7. The summed E-state index contributed by atoms with van der Waals surface area (Å²) in [7, 11) is 0. The molecule has 0 radical (unpaired) electrons. The molecule has 7 nitrogen and oxygen atoms in total. The minimum absolute atomic E-state index is 0.0481. The number of benzene rings is 2. The number of carbonyl (C=O) groups is 1. The fourth-order valence-electron chi connectivity index (χ4n) is 4.05. The topological polar surface area (TPSA) is 91.0 Å². The summed E-state index contributed by atoms with van der Waals surface area (Å²) in [6.45, 7) is 1.72. The van der Waals surface area contributed by atoms with Crippen LogP contribution >= 0.6 is 0 Å². The summed E-state index contributed by atoms with van der Waals surface area (Å²) in [5.41, 5.74) is 2.28. The fourth-order valence-corrected chi connectivity index (χ4v) is 4.05. The standard InChI is InChI=1S/C25H22FN5O2/c26-22-8-7-16(11-23-19-5-1-2-6-20(19)24(32)30-29-23)10-21(22)25(33)31-14-18(15-31)28-13-17-4-3-9-27-12-17/h1-10,12,18,28H,11,13-15H2,(H,30,32). The number of halogens is 1. The van der Waals surface area contributed by atoms with Crippen molar-refractivity contribution >= 4 is 16.7 Å². The van der Waals surface area contributed by atoms with Gasteiger partial charge in [0.15, 0.2) is 0 Å². The van der Waals surface area contributed by atoms with E-state index < -0.39 is 5.82 Å². The molecule has 33 heavy (non-hydrogen) atoms. The first-order chi connectivity index (χ1) is 16.1. The summed E-state index contributed by atoms with van der Waals surface area (Å²) < 4.78 is 14.5. The van der Waals surface area contributed by atoms with Gasteiger partial charge >= 0.3 is 0 Å². The largest absolute Gasteiger partial charge is 0.335 e. The molecule has 0 unspecified atom stereocenters. The van der Waals surface area contributed by atoms with Crippen LogP contribution in [0.2, 0.25) is 0 Å². The van der Waals surface area contributed by atoms with E-state index in [2.05, 4.69) is 20.5 Å². The van der Waals surface area contributed by atoms with Gasteiger partial charge in [0.25, 0.3) is 11.5 Å². The molecule has 0 bridgehead atoms. The molecule has 0 atom stereocenters. The number of pyridine rings is 1. The zero-order valence-electron chi connectivity index (χ0n) is 17.8. The van der Waals surface area contributed by atoms with Gasteiger partial charge in [0.1, 0.15) is 5.82 Å². The molecule has 8 heteroatoms. The monoisotopic (exact) mass is 443 g/mol. The Labute approximate surface area is 189 Å². The number of amides is 1. The van der Waals surface area contributed by atoms with Crippen LogP contribution in [0.1, 0.15) is 27.2 Å². The minimum atomic E-state index is -0.546. The maximum Gasteiger partial charge on any atom is 0.272 e. The lowest BCUT2D eigenvalue weighted by atomic mass is 10.0. The van der Waals surface area contributed by atoms with Gasteiger partial charge in [-0.1, -0.05) is 30.3 Å². The van der Waals surface area contributed by atoms with Gasteiger partial charge in [-0.25, -0.2) is 9.49 Å². The molecule has 2 N–H and O–H groups in total. The lowest BCUT2D eigenvalue weighted by Crippen LogP contribution is -2.59. The molecule has 0 saturated carbocycles. The van der Waals surface area contributed by atoms with Crippen LogP contribution in [0.5, 0.6) is 0 Å². The van der Waals surface area contributed by atoms with E-state index in [9.17, 15) is 14.0 Å². The number of aromatic nitrogens is 3. The van der Waals surface area contributed by atoms with Crippen molar-refractivity contribution in [2.75, 3.05) is 13.1 Å². The van der Waals surface area contributed by atoms with Crippen molar-refractivity contribution in [3.8, 4) is 0 Å². The van der Waals surface area contributed by atoms with Crippen LogP contribution in [0.15, 0.2) is 71.8 Å². The lowest BCUT2D eigenvalue weighted by Gasteiger charge is -2.40. The Kier molecular flexibility index (Phi) is 5.66. The SMILES string of the molecule is O=C(c1cc(Cc2n[nH]c(=O)c3ccccc23)ccc1F)N1CC(NCc2cccnc2)C1. The Morgan fingerprint density at radius 1 is 1.09 bits per heavy atom. The summed E-state index contributed by atoms with van der Waals surface area (Å²) in [5, 5.41) is 11.4. The Hall–Kier alpha value is -3.91. The molecule has 0 spiro atoms. The van der Waals surface area contributed by atoms with Gasteiger partial charge in [0, 0.05) is 49.9 Å². The normalized spacial score (nSPS) is 13.8. The molecule has 1 amide bonds. The number of aromatic amines is 1. The first kappa shape index (κ1) is 21.0. The third-order valence-electron chi connectivity index (χ3n) is 5.89. The van der Waals surface area contributed by atoms with Gasteiger partial charge in [0.2, 0.25) is 0 Å². The number of H-pyrrole nitrogens is 1. The highest BCUT2D eigenvalue weighted by Crippen LogP contribution is 2.21. The Morgan fingerprint density at radius 3 is 2.70 bits per heavy atom. The Balaban J connectivity index is 1.27. The Bertz CT molecular complexity index is 1370. The number of likely N-dealkylation sites (tertiary alicyclic amines) is 1. The van der Waals surface area contributed by atoms with Crippen molar-refractivity contribution in [1.82, 2.24) is 25.4 Å². The van der Waals surface area contributed by atoms with Crippen LogP contribution in [0, 0.1) is 5.82 Å². The summed E-state index contributed by atoms with van der Waals surface area (Å²) in [6.07, 6.45) is 3.90. The van der Waals surface area contributed by atoms with Gasteiger partial charge < -0.3 is 10.2 Å². The van der Waals surface area contributed by atoms with Crippen LogP contribution in [0.4, 0.5) is 4.39 Å². The molecule has 1 aliphatic rings. The number of nitrogens with zero attached hydrogens (tertiary/aromatic N) is 3. The van der Waals surface area contributed by atoms with E-state index in [1.165, 1.54) is 6.07 Å². The van der Waals surface area contributed by atoms with Crippen LogP contribution < -0.4 is 10.9 Å². The molecule has 1 fully saturated rings. The van der Waals surface area contributed by atoms with Crippen LogP contribution in [0.3, 0.4) is 0 Å². The lowest BCUT2D eigenvalue weighted by molar-refractivity contribution is 0.0561. The fraction of sp³-hybridized carbons (Fsp3) is 0.200. The van der Waals surface area contributed by atoms with Crippen LogP contribution in [-0.4, -0.2) is 45.1 Å². The molecule has 1 aliphatic heterocycles. The number of carbonyl (C=O) groups excluding carboxylic acids is 1. The number of hydrogen-bond acceptors (Lipinski definition) is 5. The molecule has 2 aromatic carbocycles. The maximum atomic E-state index is 14.5. The summed E-state index contributed by atoms with van der Waals surface area (Å²) >= 11 is 0. The van der Waals surface area contributed by atoms with Gasteiger partial charge in [-0.05, 0) is 35.4 Å². The maximum absolute atomic E-state index is 14.5. The molecule has 166 valence electrons. The Morgan fingerprint density at radius 2 is 1.91 bits per heavy atom. The zero-order valence-corrected chi connectivity index (χ0v) is 17.8. The average Bonchev–Trinajstić information content (AvgIpc) is 2.82. The van der Waals surface area contributed by atoms with Gasteiger partial charge in [-0.3, -0.25) is 14.6 Å².